The van der Waals surface area contributed by atoms with E-state index in [9.17, 15) is 18.0 Å². The van der Waals surface area contributed by atoms with Gasteiger partial charge < -0.3 is 14.6 Å². The molecule has 0 atom stereocenters. The molecule has 30 heavy (non-hydrogen) atoms. The summed E-state index contributed by atoms with van der Waals surface area (Å²) in [4.78, 5) is 28.1. The van der Waals surface area contributed by atoms with E-state index in [2.05, 4.69) is 15.9 Å². The number of carboxylic acids is 1. The molecule has 3 heterocycles. The first kappa shape index (κ1) is 21.8. The molecule has 1 amide bonds. The predicted molar refractivity (Wildman–Crippen MR) is 99.2 cm³/mol. The van der Waals surface area contributed by atoms with E-state index in [-0.39, 0.29) is 0 Å². The molecular weight excluding hydrogens is 403 g/mol. The lowest BCUT2D eigenvalue weighted by Crippen LogP contribution is -2.38. The van der Waals surface area contributed by atoms with Crippen LogP contribution in [0, 0.1) is 5.92 Å². The third-order valence-electron chi connectivity index (χ3n) is 5.27. The molecule has 1 aliphatic carbocycles. The Hall–Kier alpha value is -2.85. The van der Waals surface area contributed by atoms with E-state index < -0.39 is 12.1 Å². The molecule has 1 aliphatic heterocycles. The van der Waals surface area contributed by atoms with Gasteiger partial charge >= 0.3 is 12.1 Å². The van der Waals surface area contributed by atoms with Crippen LogP contribution >= 0.6 is 0 Å². The lowest BCUT2D eigenvalue weighted by molar-refractivity contribution is -0.192. The van der Waals surface area contributed by atoms with E-state index in [4.69, 9.17) is 14.9 Å². The van der Waals surface area contributed by atoms with E-state index in [0.29, 0.717) is 24.9 Å². The average molecular weight is 427 g/mol. The molecule has 1 fully saturated rings. The fourth-order valence-corrected chi connectivity index (χ4v) is 3.75. The summed E-state index contributed by atoms with van der Waals surface area (Å²) in [5, 5.41) is 11.3. The van der Waals surface area contributed by atoms with Crippen LogP contribution in [-0.2, 0) is 29.2 Å². The summed E-state index contributed by atoms with van der Waals surface area (Å²) in [5.41, 5.74) is 1.01. The van der Waals surface area contributed by atoms with Crippen molar-refractivity contribution in [3.63, 3.8) is 0 Å². The zero-order valence-corrected chi connectivity index (χ0v) is 16.4. The first-order chi connectivity index (χ1) is 14.2. The highest BCUT2D eigenvalue weighted by Gasteiger charge is 2.38. The quantitative estimate of drug-likeness (QED) is 0.810. The van der Waals surface area contributed by atoms with Gasteiger partial charge in [-0.05, 0) is 24.8 Å². The van der Waals surface area contributed by atoms with Crippen LogP contribution in [0.3, 0.4) is 0 Å². The number of aliphatic carboxylic acids is 1. The van der Waals surface area contributed by atoms with Gasteiger partial charge in [0.2, 0.25) is 5.91 Å². The van der Waals surface area contributed by atoms with Crippen molar-refractivity contribution in [2.24, 2.45) is 5.92 Å². The molecule has 0 bridgehead atoms. The number of hydrogen-bond acceptors (Lipinski definition) is 4. The Balaban J connectivity index is 0.000000318. The molecule has 0 aromatic carbocycles. The van der Waals surface area contributed by atoms with Crippen molar-refractivity contribution < 1.29 is 27.9 Å². The number of fused-ring (bicyclic) bond motifs is 1. The Morgan fingerprint density at radius 2 is 1.90 bits per heavy atom. The van der Waals surface area contributed by atoms with E-state index in [1.165, 1.54) is 25.7 Å². The molecule has 0 radical (unpaired) electrons. The third kappa shape index (κ3) is 5.83. The maximum Gasteiger partial charge on any atom is 0.490 e. The number of halogens is 3. The molecular formula is C19H24F3N5O3. The number of hydrogen-bond donors (Lipinski definition) is 1. The molecule has 8 nitrogen and oxygen atoms in total. The number of alkyl halides is 3. The van der Waals surface area contributed by atoms with Gasteiger partial charge in [0.1, 0.15) is 5.82 Å². The highest BCUT2D eigenvalue weighted by atomic mass is 19.4. The van der Waals surface area contributed by atoms with Crippen LogP contribution in [-0.4, -0.2) is 53.9 Å². The summed E-state index contributed by atoms with van der Waals surface area (Å²) in [5.74, 6) is -0.843. The summed E-state index contributed by atoms with van der Waals surface area (Å²) in [7, 11) is 0. The van der Waals surface area contributed by atoms with Gasteiger partial charge in [0.15, 0.2) is 0 Å². The van der Waals surface area contributed by atoms with Crippen molar-refractivity contribution in [1.29, 1.82) is 0 Å². The van der Waals surface area contributed by atoms with Crippen LogP contribution in [0.4, 0.5) is 13.2 Å². The minimum absolute atomic E-state index is 0.305. The normalized spacial score (nSPS) is 16.7. The zero-order chi connectivity index (χ0) is 21.7. The molecule has 2 aromatic rings. The average Bonchev–Trinajstić information content (AvgIpc) is 3.42. The minimum Gasteiger partial charge on any atom is -0.475 e. The second-order valence-electron chi connectivity index (χ2n) is 7.52. The number of carboxylic acid groups (broad SMARTS) is 1. The van der Waals surface area contributed by atoms with Crippen LogP contribution in [0.5, 0.6) is 0 Å². The lowest BCUT2D eigenvalue weighted by atomic mass is 10.0. The van der Waals surface area contributed by atoms with Crippen molar-refractivity contribution in [2.75, 3.05) is 6.54 Å². The Bertz CT molecular complexity index is 857. The van der Waals surface area contributed by atoms with Crippen LogP contribution in [0.25, 0.3) is 0 Å². The zero-order valence-electron chi connectivity index (χ0n) is 16.4. The van der Waals surface area contributed by atoms with Crippen LogP contribution in [0.2, 0.25) is 0 Å². The van der Waals surface area contributed by atoms with Crippen molar-refractivity contribution in [2.45, 2.75) is 57.9 Å². The molecule has 0 saturated heterocycles. The van der Waals surface area contributed by atoms with E-state index in [1.807, 2.05) is 21.8 Å². The molecule has 0 unspecified atom stereocenters. The van der Waals surface area contributed by atoms with Crippen molar-refractivity contribution in [3.8, 4) is 0 Å². The second kappa shape index (κ2) is 9.31. The summed E-state index contributed by atoms with van der Waals surface area (Å²) in [6.07, 6.45) is 6.48. The highest BCUT2D eigenvalue weighted by Crippen LogP contribution is 2.28. The van der Waals surface area contributed by atoms with Gasteiger partial charge in [0.25, 0.3) is 0 Å². The summed E-state index contributed by atoms with van der Waals surface area (Å²) >= 11 is 0. The topological polar surface area (TPSA) is 93.3 Å². The van der Waals surface area contributed by atoms with E-state index in [0.717, 1.165) is 31.0 Å². The summed E-state index contributed by atoms with van der Waals surface area (Å²) in [6.45, 7) is 2.97. The molecule has 1 N–H and O–H groups in total. The number of imidazole rings is 1. The van der Waals surface area contributed by atoms with Gasteiger partial charge in [0.05, 0.1) is 18.8 Å². The lowest BCUT2D eigenvalue weighted by Gasteiger charge is -2.28. The fourth-order valence-electron chi connectivity index (χ4n) is 3.75. The summed E-state index contributed by atoms with van der Waals surface area (Å²) < 4.78 is 35.8. The number of nitrogens with zero attached hydrogens (tertiary/aromatic N) is 5. The first-order valence-corrected chi connectivity index (χ1v) is 9.82. The van der Waals surface area contributed by atoms with Crippen molar-refractivity contribution >= 4 is 11.9 Å². The van der Waals surface area contributed by atoms with Crippen molar-refractivity contribution in [3.05, 3.63) is 36.2 Å². The number of carbonyl (C=O) groups excluding carboxylic acids is 1. The number of amides is 1. The molecule has 2 aromatic heterocycles. The highest BCUT2D eigenvalue weighted by molar-refractivity contribution is 5.76. The first-order valence-electron chi connectivity index (χ1n) is 9.82. The van der Waals surface area contributed by atoms with Gasteiger partial charge in [-0.2, -0.15) is 18.3 Å². The molecule has 4 rings (SSSR count). The van der Waals surface area contributed by atoms with E-state index >= 15 is 0 Å². The summed E-state index contributed by atoms with van der Waals surface area (Å²) in [6, 6.07) is 1.92. The SMILES string of the molecule is O=C(CC1CCCC1)N1CCn2cc(Cn3cccn3)nc2C1.O=C(O)C(F)(F)F. The Morgan fingerprint density at radius 3 is 2.50 bits per heavy atom. The number of carbonyl (C=O) groups is 2. The largest absolute Gasteiger partial charge is 0.490 e. The van der Waals surface area contributed by atoms with Crippen LogP contribution in [0.1, 0.15) is 43.6 Å². The molecule has 164 valence electrons. The molecule has 1 saturated carbocycles. The number of aromatic nitrogens is 4. The maximum absolute atomic E-state index is 12.5. The van der Waals surface area contributed by atoms with Crippen LogP contribution < -0.4 is 0 Å². The third-order valence-corrected chi connectivity index (χ3v) is 5.27. The monoisotopic (exact) mass is 427 g/mol. The van der Waals surface area contributed by atoms with Crippen LogP contribution in [0.15, 0.2) is 24.7 Å². The van der Waals surface area contributed by atoms with Gasteiger partial charge in [-0.15, -0.1) is 0 Å². The Morgan fingerprint density at radius 1 is 1.20 bits per heavy atom. The van der Waals surface area contributed by atoms with Gasteiger partial charge in [0, 0.05) is 38.1 Å². The minimum atomic E-state index is -5.08. The van der Waals surface area contributed by atoms with E-state index in [1.54, 1.807) is 6.20 Å². The fraction of sp³-hybridized carbons (Fsp3) is 0.579. The van der Waals surface area contributed by atoms with Gasteiger partial charge in [-0.25, -0.2) is 9.78 Å². The predicted octanol–water partition coefficient (Wildman–Crippen LogP) is 2.68. The smallest absolute Gasteiger partial charge is 0.475 e. The number of rotatable bonds is 4. The second-order valence-corrected chi connectivity index (χ2v) is 7.52. The molecule has 11 heteroatoms. The maximum atomic E-state index is 12.5. The Kier molecular flexibility index (Phi) is 6.78. The molecule has 2 aliphatic rings. The van der Waals surface area contributed by atoms with Gasteiger partial charge in [-0.3, -0.25) is 9.48 Å². The molecule has 0 spiro atoms. The standard InChI is InChI=1S/C17H23N5O.C2HF3O2/c23-17(10-14-4-1-2-5-14)21-9-8-20-11-15(19-16(20)13-21)12-22-7-3-6-18-22;3-2(4,5)1(6)7/h3,6-7,11,14H,1-2,4-5,8-10,12-13H2;(H,6,7). The van der Waals surface area contributed by atoms with Gasteiger partial charge in [-0.1, -0.05) is 12.8 Å². The Labute approximate surface area is 171 Å². The van der Waals surface area contributed by atoms with Crippen molar-refractivity contribution in [1.82, 2.24) is 24.2 Å².